The average molecular weight is 278 g/mol. The molecule has 0 amide bonds. The Morgan fingerprint density at radius 1 is 1.63 bits per heavy atom. The fourth-order valence-electron chi connectivity index (χ4n) is 2.29. The van der Waals surface area contributed by atoms with Gasteiger partial charge in [-0.05, 0) is 19.8 Å². The molecule has 1 aliphatic rings. The van der Waals surface area contributed by atoms with Crippen LogP contribution in [-0.2, 0) is 11.3 Å². The lowest BCUT2D eigenvalue weighted by Crippen LogP contribution is -2.15. The Labute approximate surface area is 116 Å². The predicted octanol–water partition coefficient (Wildman–Crippen LogP) is 2.69. The van der Waals surface area contributed by atoms with Crippen molar-refractivity contribution in [2.45, 2.75) is 38.5 Å². The molecule has 2 atom stereocenters. The Morgan fingerprint density at radius 3 is 3.32 bits per heavy atom. The van der Waals surface area contributed by atoms with Crippen LogP contribution in [0.3, 0.4) is 0 Å². The summed E-state index contributed by atoms with van der Waals surface area (Å²) in [5.41, 5.74) is 1.03. The van der Waals surface area contributed by atoms with Crippen molar-refractivity contribution in [2.24, 2.45) is 0 Å². The lowest BCUT2D eigenvalue weighted by Gasteiger charge is -2.10. The maximum atomic E-state index is 5.62. The van der Waals surface area contributed by atoms with Gasteiger partial charge in [0.25, 0.3) is 0 Å². The lowest BCUT2D eigenvalue weighted by atomic mass is 10.2. The van der Waals surface area contributed by atoms with Crippen LogP contribution in [0.5, 0.6) is 0 Å². The molecule has 1 saturated heterocycles. The van der Waals surface area contributed by atoms with Gasteiger partial charge in [-0.15, -0.1) is 11.3 Å². The van der Waals surface area contributed by atoms with Crippen molar-refractivity contribution in [3.63, 3.8) is 0 Å². The fraction of sp³-hybridized carbons (Fsp3) is 0.538. The Balaban J connectivity index is 1.58. The van der Waals surface area contributed by atoms with Crippen LogP contribution in [0.2, 0.25) is 0 Å². The van der Waals surface area contributed by atoms with Gasteiger partial charge in [0.05, 0.1) is 30.6 Å². The highest BCUT2D eigenvalue weighted by molar-refractivity contribution is 7.09. The molecule has 0 spiro atoms. The van der Waals surface area contributed by atoms with E-state index in [9.17, 15) is 0 Å². The van der Waals surface area contributed by atoms with Crippen LogP contribution in [0.4, 0.5) is 5.69 Å². The van der Waals surface area contributed by atoms with Crippen LogP contribution >= 0.6 is 11.3 Å². The molecule has 3 rings (SSSR count). The van der Waals surface area contributed by atoms with Gasteiger partial charge in [-0.25, -0.2) is 4.98 Å². The molecule has 0 aromatic carbocycles. The van der Waals surface area contributed by atoms with E-state index in [-0.39, 0.29) is 6.04 Å². The van der Waals surface area contributed by atoms with Gasteiger partial charge in [-0.3, -0.25) is 4.68 Å². The van der Waals surface area contributed by atoms with E-state index in [1.807, 2.05) is 28.7 Å². The molecule has 5 nitrogen and oxygen atoms in total. The van der Waals surface area contributed by atoms with Crippen molar-refractivity contribution in [1.82, 2.24) is 14.8 Å². The van der Waals surface area contributed by atoms with Crippen molar-refractivity contribution < 1.29 is 4.74 Å². The van der Waals surface area contributed by atoms with Crippen molar-refractivity contribution >= 4 is 17.0 Å². The van der Waals surface area contributed by atoms with Crippen LogP contribution in [0, 0.1) is 0 Å². The van der Waals surface area contributed by atoms with E-state index in [2.05, 4.69) is 22.3 Å². The Hall–Kier alpha value is -1.40. The molecular formula is C13H18N4OS. The van der Waals surface area contributed by atoms with Crippen molar-refractivity contribution in [3.8, 4) is 0 Å². The van der Waals surface area contributed by atoms with Gasteiger partial charge < -0.3 is 10.1 Å². The summed E-state index contributed by atoms with van der Waals surface area (Å²) in [7, 11) is 0. The summed E-state index contributed by atoms with van der Waals surface area (Å²) in [6.45, 7) is 3.84. The minimum absolute atomic E-state index is 0.209. The Bertz CT molecular complexity index is 504. The minimum Gasteiger partial charge on any atom is -0.376 e. The second-order valence-electron chi connectivity index (χ2n) is 4.82. The first-order chi connectivity index (χ1) is 9.31. The van der Waals surface area contributed by atoms with E-state index >= 15 is 0 Å². The maximum Gasteiger partial charge on any atom is 0.115 e. The zero-order valence-corrected chi connectivity index (χ0v) is 11.8. The average Bonchev–Trinajstić information content (AvgIpc) is 3.10. The molecule has 0 aliphatic carbocycles. The van der Waals surface area contributed by atoms with E-state index in [1.165, 1.54) is 0 Å². The van der Waals surface area contributed by atoms with Crippen molar-refractivity contribution in [3.05, 3.63) is 29.0 Å². The van der Waals surface area contributed by atoms with E-state index < -0.39 is 0 Å². The highest BCUT2D eigenvalue weighted by atomic mass is 32.1. The van der Waals surface area contributed by atoms with Crippen LogP contribution in [0.15, 0.2) is 24.0 Å². The van der Waals surface area contributed by atoms with Gasteiger partial charge in [0.2, 0.25) is 0 Å². The molecule has 0 bridgehead atoms. The quantitative estimate of drug-likeness (QED) is 0.913. The molecular weight excluding hydrogens is 260 g/mol. The molecule has 2 unspecified atom stereocenters. The molecule has 1 fully saturated rings. The Morgan fingerprint density at radius 2 is 2.58 bits per heavy atom. The summed E-state index contributed by atoms with van der Waals surface area (Å²) in [4.78, 5) is 4.31. The largest absolute Gasteiger partial charge is 0.376 e. The standard InChI is InChI=1S/C13H18N4OS/c1-10(13-14-4-6-19-13)16-11-7-15-17(8-11)9-12-3-2-5-18-12/h4,6-8,10,12,16H,2-3,5,9H2,1H3. The second-order valence-corrected chi connectivity index (χ2v) is 5.75. The lowest BCUT2D eigenvalue weighted by molar-refractivity contribution is 0.0940. The van der Waals surface area contributed by atoms with E-state index in [4.69, 9.17) is 4.74 Å². The number of anilines is 1. The third-order valence-electron chi connectivity index (χ3n) is 3.25. The van der Waals surface area contributed by atoms with E-state index in [0.717, 1.165) is 36.7 Å². The highest BCUT2D eigenvalue weighted by Gasteiger charge is 2.16. The molecule has 102 valence electrons. The molecule has 0 radical (unpaired) electrons. The summed E-state index contributed by atoms with van der Waals surface area (Å²) >= 11 is 1.66. The number of hydrogen-bond donors (Lipinski definition) is 1. The zero-order chi connectivity index (χ0) is 13.1. The number of rotatable bonds is 5. The highest BCUT2D eigenvalue weighted by Crippen LogP contribution is 2.21. The third kappa shape index (κ3) is 3.13. The van der Waals surface area contributed by atoms with Gasteiger partial charge in [0.15, 0.2) is 0 Å². The van der Waals surface area contributed by atoms with Crippen LogP contribution < -0.4 is 5.32 Å². The molecule has 1 aliphatic heterocycles. The minimum atomic E-state index is 0.209. The summed E-state index contributed by atoms with van der Waals surface area (Å²) in [6, 6.07) is 0.209. The van der Waals surface area contributed by atoms with E-state index in [1.54, 1.807) is 11.3 Å². The van der Waals surface area contributed by atoms with Crippen LogP contribution in [0.1, 0.15) is 30.8 Å². The van der Waals surface area contributed by atoms with Crippen molar-refractivity contribution in [2.75, 3.05) is 11.9 Å². The third-order valence-corrected chi connectivity index (χ3v) is 4.21. The van der Waals surface area contributed by atoms with Gasteiger partial charge in [-0.1, -0.05) is 0 Å². The first-order valence-electron chi connectivity index (χ1n) is 6.61. The van der Waals surface area contributed by atoms with Crippen LogP contribution in [-0.4, -0.2) is 27.5 Å². The molecule has 1 N–H and O–H groups in total. The molecule has 3 heterocycles. The zero-order valence-electron chi connectivity index (χ0n) is 11.0. The number of aromatic nitrogens is 3. The molecule has 2 aromatic heterocycles. The number of nitrogens with zero attached hydrogens (tertiary/aromatic N) is 3. The van der Waals surface area contributed by atoms with Gasteiger partial charge in [0.1, 0.15) is 5.01 Å². The first kappa shape index (κ1) is 12.6. The SMILES string of the molecule is CC(Nc1cnn(CC2CCCO2)c1)c1nccs1. The summed E-state index contributed by atoms with van der Waals surface area (Å²) < 4.78 is 7.57. The van der Waals surface area contributed by atoms with Gasteiger partial charge in [-0.2, -0.15) is 5.10 Å². The van der Waals surface area contributed by atoms with Crippen LogP contribution in [0.25, 0.3) is 0 Å². The summed E-state index contributed by atoms with van der Waals surface area (Å²) in [5.74, 6) is 0. The predicted molar refractivity (Wildman–Crippen MR) is 75.4 cm³/mol. The van der Waals surface area contributed by atoms with Gasteiger partial charge >= 0.3 is 0 Å². The number of ether oxygens (including phenoxy) is 1. The molecule has 6 heteroatoms. The summed E-state index contributed by atoms with van der Waals surface area (Å²) in [6.07, 6.45) is 8.35. The van der Waals surface area contributed by atoms with Crippen molar-refractivity contribution in [1.29, 1.82) is 0 Å². The molecule has 19 heavy (non-hydrogen) atoms. The first-order valence-corrected chi connectivity index (χ1v) is 7.49. The Kier molecular flexibility index (Phi) is 3.79. The molecule has 2 aromatic rings. The fourth-order valence-corrected chi connectivity index (χ4v) is 2.94. The smallest absolute Gasteiger partial charge is 0.115 e. The molecule has 0 saturated carbocycles. The monoisotopic (exact) mass is 278 g/mol. The second kappa shape index (κ2) is 5.71. The number of hydrogen-bond acceptors (Lipinski definition) is 5. The number of thiazole rings is 1. The summed E-state index contributed by atoms with van der Waals surface area (Å²) in [5, 5.41) is 10.9. The normalized spacial score (nSPS) is 20.6. The maximum absolute atomic E-state index is 5.62. The number of nitrogens with one attached hydrogen (secondary N) is 1. The van der Waals surface area contributed by atoms with E-state index in [0.29, 0.717) is 6.10 Å². The van der Waals surface area contributed by atoms with Gasteiger partial charge in [0, 0.05) is 24.4 Å². The topological polar surface area (TPSA) is 52.0 Å².